The summed E-state index contributed by atoms with van der Waals surface area (Å²) in [5.41, 5.74) is 3.54. The lowest BCUT2D eigenvalue weighted by atomic mass is 9.97. The zero-order chi connectivity index (χ0) is 23.6. The van der Waals surface area contributed by atoms with Gasteiger partial charge in [-0.3, -0.25) is 4.79 Å². The van der Waals surface area contributed by atoms with Gasteiger partial charge >= 0.3 is 0 Å². The molecule has 3 rings (SSSR count). The molecule has 0 radical (unpaired) electrons. The Labute approximate surface area is 196 Å². The van der Waals surface area contributed by atoms with Crippen LogP contribution in [0.25, 0.3) is 0 Å². The summed E-state index contributed by atoms with van der Waals surface area (Å²) in [4.78, 5) is 15.3. The van der Waals surface area contributed by atoms with E-state index in [0.717, 1.165) is 61.2 Å². The number of nitriles is 1. The Bertz CT molecular complexity index is 980. The van der Waals surface area contributed by atoms with Crippen molar-refractivity contribution in [1.82, 2.24) is 5.32 Å². The van der Waals surface area contributed by atoms with Gasteiger partial charge in [-0.05, 0) is 61.9 Å². The van der Waals surface area contributed by atoms with Gasteiger partial charge in [-0.1, -0.05) is 31.5 Å². The van der Waals surface area contributed by atoms with Gasteiger partial charge in [0.2, 0.25) is 5.91 Å². The van der Waals surface area contributed by atoms with Crippen LogP contribution in [0.5, 0.6) is 5.75 Å². The van der Waals surface area contributed by atoms with Crippen molar-refractivity contribution in [3.05, 3.63) is 58.9 Å². The molecule has 33 heavy (non-hydrogen) atoms. The van der Waals surface area contributed by atoms with Gasteiger partial charge in [-0.2, -0.15) is 5.26 Å². The summed E-state index contributed by atoms with van der Waals surface area (Å²) in [6, 6.07) is 12.5. The number of benzene rings is 2. The number of carbonyl (C=O) groups excluding carboxylic acids is 1. The van der Waals surface area contributed by atoms with Crippen molar-refractivity contribution in [3.8, 4) is 11.8 Å². The van der Waals surface area contributed by atoms with Gasteiger partial charge < -0.3 is 15.0 Å². The zero-order valence-electron chi connectivity index (χ0n) is 19.7. The van der Waals surface area contributed by atoms with Crippen LogP contribution in [-0.4, -0.2) is 25.6 Å². The largest absolute Gasteiger partial charge is 0.494 e. The first-order valence-electron chi connectivity index (χ1n) is 12.0. The Balaban J connectivity index is 1.78. The highest BCUT2D eigenvalue weighted by molar-refractivity contribution is 5.79. The first-order chi connectivity index (χ1) is 16.0. The molecule has 1 fully saturated rings. The van der Waals surface area contributed by atoms with Crippen LogP contribution in [0.1, 0.15) is 68.7 Å². The number of piperidine rings is 1. The average molecular weight is 452 g/mol. The Hall–Kier alpha value is -3.07. The van der Waals surface area contributed by atoms with Crippen molar-refractivity contribution in [1.29, 1.82) is 5.26 Å². The molecule has 2 aromatic carbocycles. The fraction of sp³-hybridized carbons (Fsp3) is 0.481. The van der Waals surface area contributed by atoms with E-state index >= 15 is 0 Å². The minimum Gasteiger partial charge on any atom is -0.494 e. The molecule has 1 saturated heterocycles. The highest BCUT2D eigenvalue weighted by atomic mass is 19.1. The Morgan fingerprint density at radius 2 is 1.97 bits per heavy atom. The van der Waals surface area contributed by atoms with Gasteiger partial charge in [0.1, 0.15) is 11.6 Å². The standard InChI is InChI=1S/C27H34FN3O2/c1-3-8-24(23-12-11-22(28)19-25(23)31-15-6-5-7-16-31)30-27(32)18-20-9-10-21(13-14-29)26(17-20)33-4-2/h9-12,17,19,24H,3-8,13,15-16,18H2,1-2H3,(H,30,32). The van der Waals surface area contributed by atoms with Crippen LogP contribution in [0.15, 0.2) is 36.4 Å². The maximum absolute atomic E-state index is 14.1. The Kier molecular flexibility index (Phi) is 9.12. The maximum atomic E-state index is 14.1. The molecular weight excluding hydrogens is 417 g/mol. The number of halogens is 1. The number of hydrogen-bond donors (Lipinski definition) is 1. The molecule has 0 spiro atoms. The van der Waals surface area contributed by atoms with Gasteiger partial charge in [0.15, 0.2) is 0 Å². The van der Waals surface area contributed by atoms with Gasteiger partial charge in [0, 0.05) is 24.3 Å². The molecule has 1 aliphatic heterocycles. The zero-order valence-corrected chi connectivity index (χ0v) is 19.7. The fourth-order valence-electron chi connectivity index (χ4n) is 4.48. The van der Waals surface area contributed by atoms with Crippen LogP contribution in [-0.2, 0) is 17.6 Å². The Morgan fingerprint density at radius 1 is 1.18 bits per heavy atom. The van der Waals surface area contributed by atoms with Gasteiger partial charge in [0.05, 0.1) is 31.6 Å². The van der Waals surface area contributed by atoms with E-state index in [1.165, 1.54) is 12.5 Å². The number of amides is 1. The first-order valence-corrected chi connectivity index (χ1v) is 12.0. The predicted molar refractivity (Wildman–Crippen MR) is 129 cm³/mol. The lowest BCUT2D eigenvalue weighted by molar-refractivity contribution is -0.121. The predicted octanol–water partition coefficient (Wildman–Crippen LogP) is 5.48. The number of rotatable bonds is 10. The van der Waals surface area contributed by atoms with Gasteiger partial charge in [-0.15, -0.1) is 0 Å². The summed E-state index contributed by atoms with van der Waals surface area (Å²) in [5, 5.41) is 12.2. The summed E-state index contributed by atoms with van der Waals surface area (Å²) in [7, 11) is 0. The third-order valence-corrected chi connectivity index (χ3v) is 6.04. The van der Waals surface area contributed by atoms with Crippen LogP contribution in [0, 0.1) is 17.1 Å². The summed E-state index contributed by atoms with van der Waals surface area (Å²) in [6.45, 7) is 6.31. The summed E-state index contributed by atoms with van der Waals surface area (Å²) in [5.74, 6) is 0.319. The van der Waals surface area contributed by atoms with Crippen LogP contribution >= 0.6 is 0 Å². The number of nitrogens with one attached hydrogen (secondary N) is 1. The molecule has 6 heteroatoms. The molecule has 1 atom stereocenters. The molecule has 0 aliphatic carbocycles. The molecule has 1 aliphatic rings. The van der Waals surface area contributed by atoms with E-state index in [9.17, 15) is 9.18 Å². The number of hydrogen-bond acceptors (Lipinski definition) is 4. The fourth-order valence-corrected chi connectivity index (χ4v) is 4.48. The van der Waals surface area contributed by atoms with E-state index < -0.39 is 0 Å². The second-order valence-electron chi connectivity index (χ2n) is 8.55. The minimum absolute atomic E-state index is 0.0853. The number of carbonyl (C=O) groups is 1. The third kappa shape index (κ3) is 6.71. The average Bonchev–Trinajstić information content (AvgIpc) is 2.81. The van der Waals surface area contributed by atoms with Crippen molar-refractivity contribution >= 4 is 11.6 Å². The summed E-state index contributed by atoms with van der Waals surface area (Å²) >= 11 is 0. The molecule has 1 heterocycles. The van der Waals surface area contributed by atoms with E-state index in [1.54, 1.807) is 6.07 Å². The van der Waals surface area contributed by atoms with Crippen molar-refractivity contribution in [2.45, 2.75) is 64.8 Å². The lowest BCUT2D eigenvalue weighted by Crippen LogP contribution is -2.34. The smallest absolute Gasteiger partial charge is 0.224 e. The lowest BCUT2D eigenvalue weighted by Gasteiger charge is -2.33. The van der Waals surface area contributed by atoms with Crippen molar-refractivity contribution in [3.63, 3.8) is 0 Å². The van der Waals surface area contributed by atoms with Crippen LogP contribution < -0.4 is 15.0 Å². The molecule has 2 aromatic rings. The Morgan fingerprint density at radius 3 is 2.67 bits per heavy atom. The topological polar surface area (TPSA) is 65.4 Å². The van der Waals surface area contributed by atoms with E-state index in [2.05, 4.69) is 23.2 Å². The molecule has 1 amide bonds. The highest BCUT2D eigenvalue weighted by Gasteiger charge is 2.22. The van der Waals surface area contributed by atoms with Crippen molar-refractivity contribution < 1.29 is 13.9 Å². The number of anilines is 1. The first kappa shape index (κ1) is 24.6. The van der Waals surface area contributed by atoms with Crippen molar-refractivity contribution in [2.24, 2.45) is 0 Å². The quantitative estimate of drug-likeness (QED) is 0.519. The van der Waals surface area contributed by atoms with E-state index in [-0.39, 0.29) is 30.6 Å². The summed E-state index contributed by atoms with van der Waals surface area (Å²) in [6.07, 6.45) is 5.57. The molecular formula is C27H34FN3O2. The van der Waals surface area contributed by atoms with Crippen LogP contribution in [0.2, 0.25) is 0 Å². The molecule has 0 bridgehead atoms. The SMILES string of the molecule is CCCC(NC(=O)Cc1ccc(CC#N)c(OCC)c1)c1ccc(F)cc1N1CCCCC1. The molecule has 1 unspecified atom stereocenters. The maximum Gasteiger partial charge on any atom is 0.224 e. The van der Waals surface area contributed by atoms with Crippen LogP contribution in [0.4, 0.5) is 10.1 Å². The van der Waals surface area contributed by atoms with E-state index in [4.69, 9.17) is 10.00 Å². The monoisotopic (exact) mass is 451 g/mol. The second kappa shape index (κ2) is 12.2. The van der Waals surface area contributed by atoms with Crippen LogP contribution in [0.3, 0.4) is 0 Å². The summed E-state index contributed by atoms with van der Waals surface area (Å²) < 4.78 is 19.8. The number of nitrogens with zero attached hydrogens (tertiary/aromatic N) is 2. The normalized spacial score (nSPS) is 14.4. The highest BCUT2D eigenvalue weighted by Crippen LogP contribution is 2.32. The molecule has 1 N–H and O–H groups in total. The second-order valence-corrected chi connectivity index (χ2v) is 8.55. The van der Waals surface area contributed by atoms with Gasteiger partial charge in [-0.25, -0.2) is 4.39 Å². The molecule has 5 nitrogen and oxygen atoms in total. The van der Waals surface area contributed by atoms with Gasteiger partial charge in [0.25, 0.3) is 0 Å². The van der Waals surface area contributed by atoms with E-state index in [1.807, 2.05) is 31.2 Å². The molecule has 0 saturated carbocycles. The van der Waals surface area contributed by atoms with E-state index in [0.29, 0.717) is 12.4 Å². The van der Waals surface area contributed by atoms with Crippen molar-refractivity contribution in [2.75, 3.05) is 24.6 Å². The molecule has 176 valence electrons. The molecule has 0 aromatic heterocycles. The minimum atomic E-state index is -0.248. The third-order valence-electron chi connectivity index (χ3n) is 6.04. The number of ether oxygens (including phenoxy) is 1.